The van der Waals surface area contributed by atoms with Gasteiger partial charge in [-0.1, -0.05) is 12.1 Å². The van der Waals surface area contributed by atoms with Crippen molar-refractivity contribution >= 4 is 22.5 Å². The van der Waals surface area contributed by atoms with E-state index in [1.54, 1.807) is 12.1 Å². The standard InChI is InChI=1S/C14H10N4O2/c15-14-13(9-5-7-10(8-6-9)18(19)20)16-11-3-1-2-4-12(11)17-14/h1-8H,(H2,15,17). The molecular weight excluding hydrogens is 256 g/mol. The summed E-state index contributed by atoms with van der Waals surface area (Å²) < 4.78 is 0. The molecule has 0 aliphatic rings. The third-order valence-corrected chi connectivity index (χ3v) is 2.95. The van der Waals surface area contributed by atoms with Crippen LogP contribution in [-0.2, 0) is 0 Å². The average molecular weight is 266 g/mol. The lowest BCUT2D eigenvalue weighted by Crippen LogP contribution is -1.98. The number of nitrogen functional groups attached to an aromatic ring is 1. The van der Waals surface area contributed by atoms with E-state index in [9.17, 15) is 10.1 Å². The molecule has 0 saturated heterocycles. The van der Waals surface area contributed by atoms with Crippen LogP contribution in [-0.4, -0.2) is 14.9 Å². The van der Waals surface area contributed by atoms with Gasteiger partial charge in [-0.25, -0.2) is 9.97 Å². The first kappa shape index (κ1) is 12.0. The highest BCUT2D eigenvalue weighted by Gasteiger charge is 2.10. The van der Waals surface area contributed by atoms with Crippen molar-refractivity contribution in [3.05, 3.63) is 58.6 Å². The lowest BCUT2D eigenvalue weighted by Gasteiger charge is -2.06. The largest absolute Gasteiger partial charge is 0.382 e. The number of nitro benzene ring substituents is 1. The minimum absolute atomic E-state index is 0.0288. The fourth-order valence-corrected chi connectivity index (χ4v) is 1.97. The predicted molar refractivity (Wildman–Crippen MR) is 76.0 cm³/mol. The summed E-state index contributed by atoms with van der Waals surface area (Å²) in [5, 5.41) is 10.6. The summed E-state index contributed by atoms with van der Waals surface area (Å²) in [5.41, 5.74) is 8.61. The molecule has 0 saturated carbocycles. The second kappa shape index (κ2) is 4.58. The molecule has 0 fully saturated rings. The average Bonchev–Trinajstić information content (AvgIpc) is 2.46. The Balaban J connectivity index is 2.13. The highest BCUT2D eigenvalue weighted by molar-refractivity contribution is 5.82. The van der Waals surface area contributed by atoms with Gasteiger partial charge >= 0.3 is 0 Å². The van der Waals surface area contributed by atoms with Crippen molar-refractivity contribution in [1.82, 2.24) is 9.97 Å². The first-order valence-electron chi connectivity index (χ1n) is 5.92. The second-order valence-electron chi connectivity index (χ2n) is 4.25. The van der Waals surface area contributed by atoms with Crippen molar-refractivity contribution < 1.29 is 4.92 Å². The highest BCUT2D eigenvalue weighted by Crippen LogP contribution is 2.26. The number of nitrogens with two attached hydrogens (primary N) is 1. The van der Waals surface area contributed by atoms with E-state index >= 15 is 0 Å². The lowest BCUT2D eigenvalue weighted by atomic mass is 10.1. The van der Waals surface area contributed by atoms with Gasteiger partial charge in [-0.15, -0.1) is 0 Å². The maximum absolute atomic E-state index is 10.6. The quantitative estimate of drug-likeness (QED) is 0.568. The van der Waals surface area contributed by atoms with Crippen molar-refractivity contribution in [3.8, 4) is 11.3 Å². The van der Waals surface area contributed by atoms with Crippen LogP contribution < -0.4 is 5.73 Å². The van der Waals surface area contributed by atoms with Crippen molar-refractivity contribution in [3.63, 3.8) is 0 Å². The molecule has 0 radical (unpaired) electrons. The molecule has 2 aromatic carbocycles. The van der Waals surface area contributed by atoms with Crippen LogP contribution in [0.3, 0.4) is 0 Å². The number of anilines is 1. The van der Waals surface area contributed by atoms with Crippen LogP contribution in [0.5, 0.6) is 0 Å². The zero-order valence-corrected chi connectivity index (χ0v) is 10.4. The molecule has 0 aliphatic heterocycles. The summed E-state index contributed by atoms with van der Waals surface area (Å²) in [4.78, 5) is 19.0. The van der Waals surface area contributed by atoms with E-state index in [2.05, 4.69) is 9.97 Å². The minimum atomic E-state index is -0.445. The number of benzene rings is 2. The third kappa shape index (κ3) is 2.03. The zero-order chi connectivity index (χ0) is 14.1. The Hall–Kier alpha value is -3.02. The summed E-state index contributed by atoms with van der Waals surface area (Å²) in [6.07, 6.45) is 0. The van der Waals surface area contributed by atoms with Crippen LogP contribution in [0, 0.1) is 10.1 Å². The summed E-state index contributed by atoms with van der Waals surface area (Å²) in [7, 11) is 0. The molecule has 0 aliphatic carbocycles. The summed E-state index contributed by atoms with van der Waals surface area (Å²) in [6, 6.07) is 13.5. The van der Waals surface area contributed by atoms with Gasteiger partial charge in [0.15, 0.2) is 5.82 Å². The van der Waals surface area contributed by atoms with Crippen molar-refractivity contribution in [2.24, 2.45) is 0 Å². The van der Waals surface area contributed by atoms with Gasteiger partial charge in [0.1, 0.15) is 5.69 Å². The Morgan fingerprint density at radius 1 is 0.950 bits per heavy atom. The Labute approximate surface area is 114 Å². The van der Waals surface area contributed by atoms with Gasteiger partial charge in [0.25, 0.3) is 5.69 Å². The number of non-ortho nitro benzene ring substituents is 1. The van der Waals surface area contributed by atoms with E-state index in [1.165, 1.54) is 12.1 Å². The first-order chi connectivity index (χ1) is 9.65. The van der Waals surface area contributed by atoms with Gasteiger partial charge in [-0.3, -0.25) is 10.1 Å². The number of para-hydroxylation sites is 2. The van der Waals surface area contributed by atoms with Crippen LogP contribution in [0.1, 0.15) is 0 Å². The van der Waals surface area contributed by atoms with E-state index in [-0.39, 0.29) is 5.69 Å². The molecule has 0 amide bonds. The van der Waals surface area contributed by atoms with E-state index in [0.29, 0.717) is 17.1 Å². The summed E-state index contributed by atoms with van der Waals surface area (Å²) in [6.45, 7) is 0. The van der Waals surface area contributed by atoms with E-state index in [1.807, 2.05) is 24.3 Å². The van der Waals surface area contributed by atoms with Crippen LogP contribution in [0.25, 0.3) is 22.3 Å². The molecule has 0 bridgehead atoms. The molecule has 3 rings (SSSR count). The normalized spacial score (nSPS) is 10.6. The molecule has 2 N–H and O–H groups in total. The van der Waals surface area contributed by atoms with Crippen LogP contribution >= 0.6 is 0 Å². The Morgan fingerprint density at radius 3 is 2.15 bits per heavy atom. The molecule has 0 atom stereocenters. The smallest absolute Gasteiger partial charge is 0.269 e. The molecule has 20 heavy (non-hydrogen) atoms. The molecule has 1 heterocycles. The van der Waals surface area contributed by atoms with E-state index < -0.39 is 4.92 Å². The number of fused-ring (bicyclic) bond motifs is 1. The fraction of sp³-hybridized carbons (Fsp3) is 0. The molecule has 3 aromatic rings. The Bertz CT molecular complexity index is 800. The van der Waals surface area contributed by atoms with Crippen LogP contribution in [0.2, 0.25) is 0 Å². The SMILES string of the molecule is Nc1nc2ccccc2nc1-c1ccc([N+](=O)[O-])cc1. The predicted octanol–water partition coefficient (Wildman–Crippen LogP) is 2.79. The third-order valence-electron chi connectivity index (χ3n) is 2.95. The molecule has 1 aromatic heterocycles. The van der Waals surface area contributed by atoms with Gasteiger partial charge in [-0.05, 0) is 24.3 Å². The van der Waals surface area contributed by atoms with Gasteiger partial charge < -0.3 is 5.73 Å². The number of nitrogens with zero attached hydrogens (tertiary/aromatic N) is 3. The van der Waals surface area contributed by atoms with Crippen molar-refractivity contribution in [2.45, 2.75) is 0 Å². The Morgan fingerprint density at radius 2 is 1.55 bits per heavy atom. The van der Waals surface area contributed by atoms with Gasteiger partial charge in [0.2, 0.25) is 0 Å². The fourth-order valence-electron chi connectivity index (χ4n) is 1.97. The lowest BCUT2D eigenvalue weighted by molar-refractivity contribution is -0.384. The molecule has 98 valence electrons. The van der Waals surface area contributed by atoms with Gasteiger partial charge in [0.05, 0.1) is 16.0 Å². The second-order valence-corrected chi connectivity index (χ2v) is 4.25. The van der Waals surface area contributed by atoms with Gasteiger partial charge in [-0.2, -0.15) is 0 Å². The topological polar surface area (TPSA) is 94.9 Å². The number of nitro groups is 1. The molecule has 0 unspecified atom stereocenters. The van der Waals surface area contributed by atoms with Crippen molar-refractivity contribution in [1.29, 1.82) is 0 Å². The Kier molecular flexibility index (Phi) is 2.76. The monoisotopic (exact) mass is 266 g/mol. The molecule has 6 heteroatoms. The zero-order valence-electron chi connectivity index (χ0n) is 10.4. The maximum atomic E-state index is 10.6. The number of hydrogen-bond acceptors (Lipinski definition) is 5. The summed E-state index contributed by atoms with van der Waals surface area (Å²) >= 11 is 0. The highest BCUT2D eigenvalue weighted by atomic mass is 16.6. The molecule has 0 spiro atoms. The number of hydrogen-bond donors (Lipinski definition) is 1. The van der Waals surface area contributed by atoms with E-state index in [0.717, 1.165) is 11.0 Å². The first-order valence-corrected chi connectivity index (χ1v) is 5.92. The van der Waals surface area contributed by atoms with E-state index in [4.69, 9.17) is 5.73 Å². The number of aromatic nitrogens is 2. The molecular formula is C14H10N4O2. The number of rotatable bonds is 2. The minimum Gasteiger partial charge on any atom is -0.382 e. The van der Waals surface area contributed by atoms with Gasteiger partial charge in [0, 0.05) is 17.7 Å². The summed E-state index contributed by atoms with van der Waals surface area (Å²) in [5.74, 6) is 0.303. The van der Waals surface area contributed by atoms with Crippen molar-refractivity contribution in [2.75, 3.05) is 5.73 Å². The molecule has 6 nitrogen and oxygen atoms in total. The van der Waals surface area contributed by atoms with Crippen LogP contribution in [0.4, 0.5) is 11.5 Å². The maximum Gasteiger partial charge on any atom is 0.269 e. The van der Waals surface area contributed by atoms with Crippen LogP contribution in [0.15, 0.2) is 48.5 Å².